The number of carbonyl (C=O) groups is 1. The maximum atomic E-state index is 12.4. The molecule has 132 valence electrons. The van der Waals surface area contributed by atoms with Gasteiger partial charge in [-0.25, -0.2) is 4.98 Å². The zero-order chi connectivity index (χ0) is 18.1. The summed E-state index contributed by atoms with van der Waals surface area (Å²) in [6.45, 7) is 0.689. The molecule has 3 rings (SSSR count). The Kier molecular flexibility index (Phi) is 5.00. The van der Waals surface area contributed by atoms with Gasteiger partial charge in [-0.2, -0.15) is 13.9 Å². The van der Waals surface area contributed by atoms with Crippen LogP contribution in [0.2, 0.25) is 0 Å². The van der Waals surface area contributed by atoms with Gasteiger partial charge in [0, 0.05) is 0 Å². The number of hydrogen-bond donors (Lipinski definition) is 1. The summed E-state index contributed by atoms with van der Waals surface area (Å²) >= 11 is 4.54. The van der Waals surface area contributed by atoms with E-state index in [-0.39, 0.29) is 11.7 Å². The molecule has 10 heteroatoms. The summed E-state index contributed by atoms with van der Waals surface area (Å²) in [6, 6.07) is 3.91. The van der Waals surface area contributed by atoms with E-state index in [1.165, 1.54) is 23.5 Å². The van der Waals surface area contributed by atoms with E-state index >= 15 is 0 Å². The van der Waals surface area contributed by atoms with Crippen LogP contribution in [0, 0.1) is 6.92 Å². The fourth-order valence-corrected chi connectivity index (χ4v) is 3.42. The normalized spacial score (nSPS) is 12.6. The van der Waals surface area contributed by atoms with E-state index < -0.39 is 12.7 Å². The number of ether oxygens (including phenoxy) is 1. The number of amides is 1. The van der Waals surface area contributed by atoms with E-state index in [1.54, 1.807) is 23.9 Å². The first-order valence-electron chi connectivity index (χ1n) is 7.21. The quantitative estimate of drug-likeness (QED) is 0.652. The van der Waals surface area contributed by atoms with Crippen molar-refractivity contribution in [2.45, 2.75) is 26.5 Å². The summed E-state index contributed by atoms with van der Waals surface area (Å²) in [5, 5.41) is 7.27. The Labute approximate surface area is 153 Å². The van der Waals surface area contributed by atoms with Gasteiger partial charge in [0.05, 0.1) is 26.6 Å². The Morgan fingerprint density at radius 2 is 2.20 bits per heavy atom. The first kappa shape index (κ1) is 17.7. The number of hydrogen-bond acceptors (Lipinski definition) is 5. The summed E-state index contributed by atoms with van der Waals surface area (Å²) in [6.07, 6.45) is 1.63. The van der Waals surface area contributed by atoms with Crippen LogP contribution in [-0.2, 0) is 4.79 Å². The lowest BCUT2D eigenvalue weighted by atomic mass is 10.3. The van der Waals surface area contributed by atoms with Gasteiger partial charge in [0.1, 0.15) is 11.8 Å². The Morgan fingerprint density at radius 3 is 2.84 bits per heavy atom. The molecule has 2 aromatic heterocycles. The molecule has 1 unspecified atom stereocenters. The molecule has 3 aromatic rings. The molecular formula is C15H13BrF2N4O2S. The van der Waals surface area contributed by atoms with E-state index in [4.69, 9.17) is 0 Å². The van der Waals surface area contributed by atoms with E-state index in [1.807, 2.05) is 6.92 Å². The predicted octanol–water partition coefficient (Wildman–Crippen LogP) is 4.36. The van der Waals surface area contributed by atoms with Crippen molar-refractivity contribution >= 4 is 48.5 Å². The summed E-state index contributed by atoms with van der Waals surface area (Å²) in [4.78, 5) is 16.7. The topological polar surface area (TPSA) is 69.0 Å². The Morgan fingerprint density at radius 1 is 1.44 bits per heavy atom. The molecule has 0 aliphatic carbocycles. The van der Waals surface area contributed by atoms with Crippen molar-refractivity contribution in [3.63, 3.8) is 0 Å². The lowest BCUT2D eigenvalue weighted by Crippen LogP contribution is -2.25. The lowest BCUT2D eigenvalue weighted by molar-refractivity contribution is -0.119. The molecule has 0 saturated heterocycles. The third-order valence-corrected chi connectivity index (χ3v) is 5.26. The molecule has 1 aromatic carbocycles. The van der Waals surface area contributed by atoms with Gasteiger partial charge in [-0.05, 0) is 48.0 Å². The number of fused-ring (bicyclic) bond motifs is 1. The average molecular weight is 431 g/mol. The molecule has 0 fully saturated rings. The molecule has 1 amide bonds. The minimum absolute atomic E-state index is 0.0504. The second-order valence-corrected chi connectivity index (χ2v) is 7.10. The van der Waals surface area contributed by atoms with Crippen molar-refractivity contribution in [2.75, 3.05) is 5.32 Å². The Bertz CT molecular complexity index is 928. The molecular weight excluding hydrogens is 418 g/mol. The molecule has 25 heavy (non-hydrogen) atoms. The number of benzene rings is 1. The maximum absolute atomic E-state index is 12.4. The van der Waals surface area contributed by atoms with Crippen molar-refractivity contribution in [3.8, 4) is 5.75 Å². The Hall–Kier alpha value is -2.07. The van der Waals surface area contributed by atoms with Crippen LogP contribution in [0.5, 0.6) is 5.75 Å². The van der Waals surface area contributed by atoms with E-state index in [0.29, 0.717) is 15.3 Å². The fraction of sp³-hybridized carbons (Fsp3) is 0.267. The number of anilines is 1. The van der Waals surface area contributed by atoms with Crippen LogP contribution in [0.25, 0.3) is 10.2 Å². The van der Waals surface area contributed by atoms with Crippen molar-refractivity contribution in [3.05, 3.63) is 34.6 Å². The number of carbonyl (C=O) groups excluding carboxylic acids is 1. The molecule has 2 heterocycles. The van der Waals surface area contributed by atoms with Crippen LogP contribution in [-0.4, -0.2) is 27.3 Å². The van der Waals surface area contributed by atoms with Crippen LogP contribution < -0.4 is 10.1 Å². The maximum Gasteiger partial charge on any atom is 0.387 e. The molecule has 0 aliphatic rings. The highest BCUT2D eigenvalue weighted by Crippen LogP contribution is 2.30. The highest BCUT2D eigenvalue weighted by Gasteiger charge is 2.20. The van der Waals surface area contributed by atoms with Crippen molar-refractivity contribution in [1.29, 1.82) is 0 Å². The minimum atomic E-state index is -2.89. The van der Waals surface area contributed by atoms with E-state index in [0.717, 1.165) is 10.2 Å². The van der Waals surface area contributed by atoms with Crippen LogP contribution >= 0.6 is 27.3 Å². The van der Waals surface area contributed by atoms with Gasteiger partial charge in [-0.3, -0.25) is 9.48 Å². The monoisotopic (exact) mass is 430 g/mol. The lowest BCUT2D eigenvalue weighted by Gasteiger charge is -2.13. The van der Waals surface area contributed by atoms with E-state index in [9.17, 15) is 13.6 Å². The van der Waals surface area contributed by atoms with Crippen molar-refractivity contribution in [2.24, 2.45) is 0 Å². The zero-order valence-corrected chi connectivity index (χ0v) is 15.6. The zero-order valence-electron chi connectivity index (χ0n) is 13.2. The summed E-state index contributed by atoms with van der Waals surface area (Å²) in [5.41, 5.74) is 1.42. The second kappa shape index (κ2) is 7.04. The summed E-state index contributed by atoms with van der Waals surface area (Å²) in [5.74, 6) is -0.226. The van der Waals surface area contributed by atoms with Gasteiger partial charge in [-0.15, -0.1) is 0 Å². The van der Waals surface area contributed by atoms with Crippen LogP contribution in [0.4, 0.5) is 13.9 Å². The molecule has 0 saturated carbocycles. The SMILES string of the molecule is Cc1c(Br)cnn1C(C)C(=O)Nc1nc2ccc(OC(F)F)cc2s1. The van der Waals surface area contributed by atoms with Gasteiger partial charge >= 0.3 is 6.61 Å². The first-order valence-corrected chi connectivity index (χ1v) is 8.82. The van der Waals surface area contributed by atoms with E-state index in [2.05, 4.69) is 36.1 Å². The number of aromatic nitrogens is 3. The predicted molar refractivity (Wildman–Crippen MR) is 94.3 cm³/mol. The Balaban J connectivity index is 1.78. The average Bonchev–Trinajstić information content (AvgIpc) is 3.09. The molecule has 6 nitrogen and oxygen atoms in total. The molecule has 1 N–H and O–H groups in total. The molecule has 0 aliphatic heterocycles. The largest absolute Gasteiger partial charge is 0.435 e. The van der Waals surface area contributed by atoms with Gasteiger partial charge < -0.3 is 10.1 Å². The number of thiazole rings is 1. The highest BCUT2D eigenvalue weighted by atomic mass is 79.9. The third-order valence-electron chi connectivity index (χ3n) is 3.55. The van der Waals surface area contributed by atoms with Crippen LogP contribution in [0.15, 0.2) is 28.9 Å². The number of nitrogens with zero attached hydrogens (tertiary/aromatic N) is 3. The fourth-order valence-electron chi connectivity index (χ4n) is 2.25. The molecule has 0 radical (unpaired) electrons. The van der Waals surface area contributed by atoms with Gasteiger partial charge in [0.25, 0.3) is 5.91 Å². The number of nitrogens with one attached hydrogen (secondary N) is 1. The first-order chi connectivity index (χ1) is 11.8. The molecule has 0 spiro atoms. The number of rotatable bonds is 5. The second-order valence-electron chi connectivity index (χ2n) is 5.21. The van der Waals surface area contributed by atoms with Gasteiger partial charge in [0.15, 0.2) is 5.13 Å². The standard InChI is InChI=1S/C15H13BrF2N4O2S/c1-7-10(16)6-19-22(7)8(2)13(23)21-15-20-11-4-3-9(24-14(17)18)5-12(11)25-15/h3-6,8,14H,1-2H3,(H,20,21,23). The van der Waals surface area contributed by atoms with Crippen LogP contribution in [0.3, 0.4) is 0 Å². The number of halogens is 3. The minimum Gasteiger partial charge on any atom is -0.435 e. The van der Waals surface area contributed by atoms with Crippen LogP contribution in [0.1, 0.15) is 18.7 Å². The highest BCUT2D eigenvalue weighted by molar-refractivity contribution is 9.10. The van der Waals surface area contributed by atoms with Gasteiger partial charge in [-0.1, -0.05) is 11.3 Å². The summed E-state index contributed by atoms with van der Waals surface area (Å²) in [7, 11) is 0. The van der Waals surface area contributed by atoms with Gasteiger partial charge in [0.2, 0.25) is 0 Å². The molecule has 1 atom stereocenters. The smallest absolute Gasteiger partial charge is 0.387 e. The van der Waals surface area contributed by atoms with Crippen molar-refractivity contribution in [1.82, 2.24) is 14.8 Å². The number of alkyl halides is 2. The molecule has 0 bridgehead atoms. The third kappa shape index (κ3) is 3.79. The van der Waals surface area contributed by atoms with Crippen molar-refractivity contribution < 1.29 is 18.3 Å². The summed E-state index contributed by atoms with van der Waals surface area (Å²) < 4.78 is 32.0.